The van der Waals surface area contributed by atoms with Crippen molar-refractivity contribution in [2.75, 3.05) is 19.4 Å². The van der Waals surface area contributed by atoms with Crippen LogP contribution in [0.3, 0.4) is 0 Å². The van der Waals surface area contributed by atoms with Gasteiger partial charge in [0, 0.05) is 36.5 Å². The number of likely N-dealkylation sites (tertiary alicyclic amines) is 1. The molecule has 216 valence electrons. The molecule has 1 aliphatic rings. The van der Waals surface area contributed by atoms with Crippen molar-refractivity contribution in [3.8, 4) is 5.75 Å². The average molecular weight is 582 g/mol. The van der Waals surface area contributed by atoms with Crippen LogP contribution in [-0.4, -0.2) is 70.9 Å². The summed E-state index contributed by atoms with van der Waals surface area (Å²) in [6.45, 7) is 12.7. The van der Waals surface area contributed by atoms with Crippen molar-refractivity contribution in [2.45, 2.75) is 71.8 Å². The van der Waals surface area contributed by atoms with Crippen LogP contribution in [0.5, 0.6) is 5.75 Å². The second-order valence-corrected chi connectivity index (χ2v) is 12.4. The van der Waals surface area contributed by atoms with Gasteiger partial charge in [-0.1, -0.05) is 25.1 Å². The van der Waals surface area contributed by atoms with Crippen LogP contribution >= 0.6 is 24.0 Å². The summed E-state index contributed by atoms with van der Waals surface area (Å²) in [7, 11) is 1.31. The van der Waals surface area contributed by atoms with E-state index in [2.05, 4.69) is 4.74 Å². The number of ether oxygens (including phenoxy) is 5. The molecule has 0 aromatic heterocycles. The molecule has 1 fully saturated rings. The van der Waals surface area contributed by atoms with Crippen LogP contribution in [0.2, 0.25) is 0 Å². The van der Waals surface area contributed by atoms with Crippen molar-refractivity contribution >= 4 is 47.2 Å². The number of carbonyl (C=O) groups excluding carboxylic acids is 3. The van der Waals surface area contributed by atoms with Crippen LogP contribution in [0.1, 0.15) is 48.5 Å². The minimum atomic E-state index is -1.13. The fourth-order valence-corrected chi connectivity index (χ4v) is 4.94. The first kappa shape index (κ1) is 32.4. The maximum Gasteiger partial charge on any atom is 0.411 e. The molecule has 0 radical (unpaired) electrons. The standard InChI is InChI=1S/C28H39NO8S2/c1-18(17-39-15-14-21(30)33-8)20-16-29(25(32)37-28(5,6)7)22(24(31)36-27(2,3)4)23(20)35-26(38)34-19-12-10-9-11-13-19/h9-15,18,20,22-23H,16-17H2,1-8H3/b15-14+/t18?,20-,22+,23-/m1/s1. The summed E-state index contributed by atoms with van der Waals surface area (Å²) in [5.74, 6) is -0.472. The van der Waals surface area contributed by atoms with Gasteiger partial charge in [-0.15, -0.1) is 11.8 Å². The topological polar surface area (TPSA) is 101 Å². The molecular weight excluding hydrogens is 542 g/mol. The number of thiocarbonyl (C=S) groups is 1. The van der Waals surface area contributed by atoms with Gasteiger partial charge in [-0.05, 0) is 65.0 Å². The zero-order valence-corrected chi connectivity index (χ0v) is 25.4. The summed E-state index contributed by atoms with van der Waals surface area (Å²) >= 11 is 6.81. The van der Waals surface area contributed by atoms with E-state index in [-0.39, 0.29) is 23.6 Å². The van der Waals surface area contributed by atoms with Crippen LogP contribution in [0.4, 0.5) is 4.79 Å². The van der Waals surface area contributed by atoms with Gasteiger partial charge in [0.25, 0.3) is 0 Å². The zero-order valence-electron chi connectivity index (χ0n) is 23.8. The van der Waals surface area contributed by atoms with Crippen molar-refractivity contribution in [2.24, 2.45) is 11.8 Å². The molecule has 4 atom stereocenters. The molecule has 2 rings (SSSR count). The second-order valence-electron chi connectivity index (χ2n) is 11.2. The van der Waals surface area contributed by atoms with Gasteiger partial charge in [-0.3, -0.25) is 4.90 Å². The highest BCUT2D eigenvalue weighted by molar-refractivity contribution is 8.02. The highest BCUT2D eigenvalue weighted by Crippen LogP contribution is 2.36. The van der Waals surface area contributed by atoms with Crippen LogP contribution in [0.15, 0.2) is 41.8 Å². The highest BCUT2D eigenvalue weighted by atomic mass is 32.2. The first-order valence-electron chi connectivity index (χ1n) is 12.6. The summed E-state index contributed by atoms with van der Waals surface area (Å²) in [6.07, 6.45) is -0.196. The van der Waals surface area contributed by atoms with E-state index in [0.717, 1.165) is 0 Å². The molecule has 0 bridgehead atoms. The van der Waals surface area contributed by atoms with Crippen molar-refractivity contribution in [3.05, 3.63) is 41.8 Å². The number of nitrogens with zero attached hydrogens (tertiary/aromatic N) is 1. The van der Waals surface area contributed by atoms with E-state index >= 15 is 0 Å². The largest absolute Gasteiger partial charge is 0.466 e. The molecule has 0 spiro atoms. The summed E-state index contributed by atoms with van der Waals surface area (Å²) in [5.41, 5.74) is -1.59. The Morgan fingerprint density at radius 1 is 1.08 bits per heavy atom. The first-order chi connectivity index (χ1) is 18.1. The lowest BCUT2D eigenvalue weighted by Crippen LogP contribution is -2.50. The molecule has 1 amide bonds. The minimum Gasteiger partial charge on any atom is -0.466 e. The van der Waals surface area contributed by atoms with Crippen LogP contribution < -0.4 is 4.74 Å². The molecule has 1 heterocycles. The van der Waals surface area contributed by atoms with Gasteiger partial charge in [0.2, 0.25) is 0 Å². The molecule has 1 aromatic carbocycles. The Balaban J connectivity index is 2.39. The fourth-order valence-electron chi connectivity index (χ4n) is 3.87. The SMILES string of the molecule is COC(=O)/C=C/SCC(C)[C@H]1CN(C(=O)OC(C)(C)C)[C@H](C(=O)OC(C)(C)C)[C@@H]1OC(=S)Oc1ccccc1. The third kappa shape index (κ3) is 10.7. The maximum absolute atomic E-state index is 13.5. The number of benzene rings is 1. The van der Waals surface area contributed by atoms with Crippen LogP contribution in [0, 0.1) is 11.8 Å². The third-order valence-corrected chi connectivity index (χ3v) is 6.75. The lowest BCUT2D eigenvalue weighted by molar-refractivity contribution is -0.163. The monoisotopic (exact) mass is 581 g/mol. The van der Waals surface area contributed by atoms with E-state index < -0.39 is 41.4 Å². The van der Waals surface area contributed by atoms with Crippen molar-refractivity contribution < 1.29 is 38.1 Å². The summed E-state index contributed by atoms with van der Waals surface area (Å²) in [6, 6.07) is 7.77. The van der Waals surface area contributed by atoms with Gasteiger partial charge < -0.3 is 23.7 Å². The van der Waals surface area contributed by atoms with Gasteiger partial charge in [0.05, 0.1) is 7.11 Å². The number of carbonyl (C=O) groups is 3. The van der Waals surface area contributed by atoms with Gasteiger partial charge in [-0.25, -0.2) is 14.4 Å². The van der Waals surface area contributed by atoms with Crippen LogP contribution in [0.25, 0.3) is 0 Å². The Morgan fingerprint density at radius 3 is 2.26 bits per heavy atom. The normalized spacial score (nSPS) is 20.3. The van der Waals surface area contributed by atoms with Crippen molar-refractivity contribution in [1.29, 1.82) is 0 Å². The number of esters is 2. The molecule has 0 saturated carbocycles. The molecule has 1 aliphatic heterocycles. The molecule has 1 unspecified atom stereocenters. The van der Waals surface area contributed by atoms with Crippen molar-refractivity contribution in [3.63, 3.8) is 0 Å². The lowest BCUT2D eigenvalue weighted by atomic mass is 9.90. The molecular formula is C28H39NO8S2. The number of rotatable bonds is 8. The number of hydrogen-bond acceptors (Lipinski definition) is 10. The van der Waals surface area contributed by atoms with Gasteiger partial charge in [0.15, 0.2) is 6.04 Å². The van der Waals surface area contributed by atoms with E-state index in [1.54, 1.807) is 71.2 Å². The lowest BCUT2D eigenvalue weighted by Gasteiger charge is -2.31. The third-order valence-electron chi connectivity index (χ3n) is 5.52. The Bertz CT molecular complexity index is 1030. The Morgan fingerprint density at radius 2 is 1.69 bits per heavy atom. The maximum atomic E-state index is 13.5. The molecule has 0 N–H and O–H groups in total. The number of thioether (sulfide) groups is 1. The van der Waals surface area contributed by atoms with E-state index in [0.29, 0.717) is 11.5 Å². The number of para-hydroxylation sites is 1. The molecule has 39 heavy (non-hydrogen) atoms. The van der Waals surface area contributed by atoms with E-state index in [9.17, 15) is 14.4 Å². The molecule has 9 nitrogen and oxygen atoms in total. The quantitative estimate of drug-likeness (QED) is 0.172. The Hall–Kier alpha value is -2.79. The summed E-state index contributed by atoms with van der Waals surface area (Å²) in [4.78, 5) is 39.6. The van der Waals surface area contributed by atoms with E-state index in [4.69, 9.17) is 31.2 Å². The predicted molar refractivity (Wildman–Crippen MR) is 153 cm³/mol. The molecule has 1 aromatic rings. The highest BCUT2D eigenvalue weighted by Gasteiger charge is 2.54. The molecule has 0 aliphatic carbocycles. The zero-order chi connectivity index (χ0) is 29.4. The summed E-state index contributed by atoms with van der Waals surface area (Å²) < 4.78 is 27.8. The smallest absolute Gasteiger partial charge is 0.411 e. The fraction of sp³-hybridized carbons (Fsp3) is 0.571. The van der Waals surface area contributed by atoms with Gasteiger partial charge in [0.1, 0.15) is 23.1 Å². The van der Waals surface area contributed by atoms with E-state index in [1.165, 1.54) is 29.8 Å². The Kier molecular flexibility index (Phi) is 11.7. The molecule has 1 saturated heterocycles. The van der Waals surface area contributed by atoms with Gasteiger partial charge in [-0.2, -0.15) is 0 Å². The Labute approximate surface area is 240 Å². The number of methoxy groups -OCH3 is 1. The van der Waals surface area contributed by atoms with Crippen molar-refractivity contribution in [1.82, 2.24) is 4.90 Å². The van der Waals surface area contributed by atoms with E-state index in [1.807, 2.05) is 13.0 Å². The number of amides is 1. The molecule has 11 heteroatoms. The van der Waals surface area contributed by atoms with Gasteiger partial charge >= 0.3 is 23.3 Å². The summed E-state index contributed by atoms with van der Waals surface area (Å²) in [5, 5.41) is 1.47. The predicted octanol–water partition coefficient (Wildman–Crippen LogP) is 5.37. The van der Waals surface area contributed by atoms with Crippen LogP contribution in [-0.2, 0) is 28.5 Å². The number of hydrogen-bond donors (Lipinski definition) is 0. The average Bonchev–Trinajstić information content (AvgIpc) is 3.19. The first-order valence-corrected chi connectivity index (χ1v) is 14.1. The minimum absolute atomic E-state index is 0.0841. The second kappa shape index (κ2) is 14.0.